The molecule has 0 saturated carbocycles. The Hall–Kier alpha value is 5.02. The third kappa shape index (κ3) is 43.9. The Morgan fingerprint density at radius 1 is 0.750 bits per heavy atom. The molecule has 3 nitrogen and oxygen atoms in total. The molecule has 6 N–H and O–H groups in total. The Balaban J connectivity index is 0. The Labute approximate surface area is 171 Å². The van der Waals surface area contributed by atoms with Gasteiger partial charge in [-0.15, -0.1) is 0 Å². The van der Waals surface area contributed by atoms with Crippen molar-refractivity contribution in [2.45, 2.75) is 0 Å². The molecule has 0 unspecified atom stereocenters. The predicted molar refractivity (Wildman–Crippen MR) is 28.8 cm³/mol. The van der Waals surface area contributed by atoms with Gasteiger partial charge in [-0.2, -0.15) is 0 Å². The summed E-state index contributed by atoms with van der Waals surface area (Å²) in [5, 5.41) is 0. The van der Waals surface area contributed by atoms with Crippen molar-refractivity contribution >= 4 is 62.8 Å². The molecule has 0 aromatic heterocycles. The molecule has 0 aliphatic heterocycles. The Morgan fingerprint density at radius 2 is 0.750 bits per heavy atom. The molecule has 0 spiro atoms. The standard InChI is InChI=1S/Al.2La.3H2O.Sr.Ta.5H/h;;;3*1H2;;;;;;;/q;;;;;;+2;;;;;2*-1. The minimum Gasteiger partial charge on any atom is -1.00 e. The average molecular weight is 632 g/mol. The van der Waals surface area contributed by atoms with Crippen LogP contribution in [0.2, 0.25) is 0 Å². The predicted octanol–water partition coefficient (Wildman–Crippen LogP) is -3.82. The summed E-state index contributed by atoms with van der Waals surface area (Å²) in [6, 6.07) is 0. The van der Waals surface area contributed by atoms with Crippen molar-refractivity contribution in [2.75, 3.05) is 0 Å². The van der Waals surface area contributed by atoms with Crippen molar-refractivity contribution in [3.05, 3.63) is 0 Å². The van der Waals surface area contributed by atoms with Gasteiger partial charge in [0.1, 0.15) is 0 Å². The molecule has 0 aromatic rings. The minimum absolute atomic E-state index is 0. The molecule has 8 heteroatoms. The normalized spacial score (nSPS) is 0. The minimum atomic E-state index is 0. The molecule has 0 atom stereocenters. The van der Waals surface area contributed by atoms with E-state index in [1.165, 1.54) is 0 Å². The van der Waals surface area contributed by atoms with Crippen LogP contribution in [0.15, 0.2) is 0 Å². The topological polar surface area (TPSA) is 94.5 Å². The van der Waals surface area contributed by atoms with E-state index >= 15 is 0 Å². The number of rotatable bonds is 0. The largest absolute Gasteiger partial charge is 2.00 e. The Morgan fingerprint density at radius 3 is 0.750 bits per heavy atom. The van der Waals surface area contributed by atoms with E-state index in [0.717, 1.165) is 0 Å². The molecule has 0 fully saturated rings. The third-order valence-electron chi connectivity index (χ3n) is 0. The van der Waals surface area contributed by atoms with Gasteiger partial charge in [-0.3, -0.25) is 0 Å². The van der Waals surface area contributed by atoms with Crippen molar-refractivity contribution in [3.63, 3.8) is 0 Å². The fraction of sp³-hybridized carbons (Fsp3) is 0. The van der Waals surface area contributed by atoms with Gasteiger partial charge >= 0.3 is 45.5 Å². The molecule has 0 heterocycles. The first-order valence-corrected chi connectivity index (χ1v) is 0. The summed E-state index contributed by atoms with van der Waals surface area (Å²) in [5.74, 6) is 0. The molecule has 0 aromatic carbocycles. The summed E-state index contributed by atoms with van der Waals surface area (Å²) < 4.78 is 0. The first-order chi connectivity index (χ1) is 0. The van der Waals surface area contributed by atoms with Crippen LogP contribution in [0.4, 0.5) is 0 Å². The van der Waals surface area contributed by atoms with Crippen molar-refractivity contribution in [1.82, 2.24) is 0 Å². The molecule has 0 amide bonds. The van der Waals surface area contributed by atoms with Crippen LogP contribution in [0.25, 0.3) is 0 Å². The zero-order valence-corrected chi connectivity index (χ0v) is 17.8. The molecule has 0 aliphatic carbocycles. The average Bonchev–Trinajstić information content (AvgIpc) is 0. The molecule has 3 radical (unpaired) electrons. The summed E-state index contributed by atoms with van der Waals surface area (Å²) in [4.78, 5) is 0. The van der Waals surface area contributed by atoms with Crippen molar-refractivity contribution in [2.24, 2.45) is 0 Å². The second-order valence-corrected chi connectivity index (χ2v) is 0. The molecular formula is H11AlLa2O3SrTa. The summed E-state index contributed by atoms with van der Waals surface area (Å²) >= 11 is 0. The van der Waals surface area contributed by atoms with E-state index in [1.807, 2.05) is 0 Å². The first kappa shape index (κ1) is 74.6. The monoisotopic (exact) mass is 633 g/mol. The SMILES string of the molecule is O.O.O.[AlH3].[H-].[H-].[La].[La].[Sr+2].[Ta]. The van der Waals surface area contributed by atoms with E-state index in [1.54, 1.807) is 0 Å². The molecule has 0 saturated heterocycles. The van der Waals surface area contributed by atoms with Gasteiger partial charge in [-0.1, -0.05) is 0 Å². The molecule has 0 rings (SSSR count). The third-order valence-corrected chi connectivity index (χ3v) is 0. The van der Waals surface area contributed by atoms with Crippen LogP contribution >= 0.6 is 0 Å². The second kappa shape index (κ2) is 57.9. The van der Waals surface area contributed by atoms with Gasteiger partial charge in [0, 0.05) is 93.6 Å². The van der Waals surface area contributed by atoms with Crippen LogP contribution in [0.3, 0.4) is 0 Å². The van der Waals surface area contributed by atoms with Crippen LogP contribution in [-0.2, 0) is 22.4 Å². The van der Waals surface area contributed by atoms with Gasteiger partial charge < -0.3 is 19.3 Å². The molecule has 8 heavy (non-hydrogen) atoms. The zero-order chi connectivity index (χ0) is 0. The van der Waals surface area contributed by atoms with E-state index in [0.29, 0.717) is 0 Å². The first-order valence-electron chi connectivity index (χ1n) is 0. The van der Waals surface area contributed by atoms with E-state index in [2.05, 4.69) is 0 Å². The van der Waals surface area contributed by atoms with Gasteiger partial charge in [-0.25, -0.2) is 0 Å². The fourth-order valence-corrected chi connectivity index (χ4v) is 0. The maximum absolute atomic E-state index is 0. The summed E-state index contributed by atoms with van der Waals surface area (Å²) in [5.41, 5.74) is 0. The van der Waals surface area contributed by atoms with Gasteiger partial charge in [-0.05, 0) is 0 Å². The summed E-state index contributed by atoms with van der Waals surface area (Å²) in [6.45, 7) is 0. The van der Waals surface area contributed by atoms with Gasteiger partial charge in [0.2, 0.25) is 0 Å². The maximum Gasteiger partial charge on any atom is 2.00 e. The quantitative estimate of drug-likeness (QED) is 0.245. The Bertz CT molecular complexity index is 24.5. The van der Waals surface area contributed by atoms with Crippen LogP contribution in [-0.4, -0.2) is 79.3 Å². The smallest absolute Gasteiger partial charge is 1.00 e. The maximum atomic E-state index is 0. The van der Waals surface area contributed by atoms with Crippen LogP contribution < -0.4 is 0 Å². The number of hydrogen-bond donors (Lipinski definition) is 0. The van der Waals surface area contributed by atoms with Crippen molar-refractivity contribution < 1.29 is 113 Å². The Kier molecular flexibility index (Phi) is 540. The molecule has 45 valence electrons. The van der Waals surface area contributed by atoms with E-state index in [9.17, 15) is 0 Å². The fourth-order valence-electron chi connectivity index (χ4n) is 0. The van der Waals surface area contributed by atoms with E-state index < -0.39 is 0 Å². The van der Waals surface area contributed by atoms with Gasteiger partial charge in [0.05, 0.1) is 0 Å². The second-order valence-electron chi connectivity index (χ2n) is 0. The van der Waals surface area contributed by atoms with Crippen LogP contribution in [0.1, 0.15) is 2.85 Å². The van der Waals surface area contributed by atoms with E-state index in [-0.39, 0.29) is 176 Å². The molecule has 0 aliphatic rings. The van der Waals surface area contributed by atoms with Crippen LogP contribution in [0.5, 0.6) is 0 Å². The summed E-state index contributed by atoms with van der Waals surface area (Å²) in [6.07, 6.45) is 0. The van der Waals surface area contributed by atoms with Crippen LogP contribution in [0, 0.1) is 71.2 Å². The van der Waals surface area contributed by atoms with Crippen molar-refractivity contribution in [3.8, 4) is 0 Å². The molecular weight excluding hydrogens is 621 g/mol. The zero-order valence-electron chi connectivity index (χ0n) is 5.81. The van der Waals surface area contributed by atoms with Gasteiger partial charge in [0.15, 0.2) is 17.4 Å². The molecule has 0 bridgehead atoms. The summed E-state index contributed by atoms with van der Waals surface area (Å²) in [7, 11) is 0. The number of hydrogen-bond acceptors (Lipinski definition) is 0. The van der Waals surface area contributed by atoms with Gasteiger partial charge in [0.25, 0.3) is 0 Å². The van der Waals surface area contributed by atoms with E-state index in [4.69, 9.17) is 0 Å². The van der Waals surface area contributed by atoms with Crippen molar-refractivity contribution in [1.29, 1.82) is 0 Å².